The van der Waals surface area contributed by atoms with E-state index in [1.165, 1.54) is 0 Å². The second kappa shape index (κ2) is 5.14. The van der Waals surface area contributed by atoms with Crippen molar-refractivity contribution in [1.82, 2.24) is 14.9 Å². The second-order valence-electron chi connectivity index (χ2n) is 4.19. The normalized spacial score (nSPS) is 11.5. The third kappa shape index (κ3) is 2.65. The summed E-state index contributed by atoms with van der Waals surface area (Å²) >= 11 is 5.12. The molecule has 1 aromatic heterocycles. The van der Waals surface area contributed by atoms with Crippen molar-refractivity contribution >= 4 is 18.4 Å². The van der Waals surface area contributed by atoms with Crippen molar-refractivity contribution in [3.63, 3.8) is 0 Å². The molecule has 2 aromatic rings. The van der Waals surface area contributed by atoms with Gasteiger partial charge in [0, 0.05) is 5.92 Å². The Balaban J connectivity index is 2.34. The zero-order valence-electron chi connectivity index (χ0n) is 10.2. The van der Waals surface area contributed by atoms with E-state index in [9.17, 15) is 5.11 Å². The first-order valence-corrected chi connectivity index (χ1v) is 5.99. The number of H-pyrrole nitrogens is 1. The van der Waals surface area contributed by atoms with Gasteiger partial charge in [0.05, 0.1) is 6.21 Å². The van der Waals surface area contributed by atoms with Crippen LogP contribution >= 0.6 is 12.2 Å². The number of phenols is 1. The highest BCUT2D eigenvalue weighted by molar-refractivity contribution is 7.71. The van der Waals surface area contributed by atoms with E-state index < -0.39 is 0 Å². The molecule has 2 N–H and O–H groups in total. The minimum Gasteiger partial charge on any atom is -0.508 e. The zero-order valence-corrected chi connectivity index (χ0v) is 11.0. The highest BCUT2D eigenvalue weighted by atomic mass is 32.1. The van der Waals surface area contributed by atoms with Gasteiger partial charge in [-0.3, -0.25) is 5.10 Å². The number of hydrogen-bond acceptors (Lipinski definition) is 4. The van der Waals surface area contributed by atoms with Crippen LogP contribution in [0.3, 0.4) is 0 Å². The standard InChI is InChI=1S/C12H14N4OS/c1-8(2)11-14-15-12(18)16(11)13-7-9-4-3-5-10(17)6-9/h3-8,17H,1-2H3,(H,15,18)/b13-7-. The maximum atomic E-state index is 9.36. The molecule has 0 aliphatic heterocycles. The molecule has 6 heteroatoms. The summed E-state index contributed by atoms with van der Waals surface area (Å²) < 4.78 is 2.04. The van der Waals surface area contributed by atoms with E-state index in [2.05, 4.69) is 15.3 Å². The van der Waals surface area contributed by atoms with Crippen LogP contribution in [-0.2, 0) is 0 Å². The van der Waals surface area contributed by atoms with Gasteiger partial charge in [0.2, 0.25) is 4.77 Å². The molecule has 5 nitrogen and oxygen atoms in total. The molecule has 18 heavy (non-hydrogen) atoms. The maximum Gasteiger partial charge on any atom is 0.216 e. The van der Waals surface area contributed by atoms with E-state index in [0.29, 0.717) is 4.77 Å². The smallest absolute Gasteiger partial charge is 0.216 e. The van der Waals surface area contributed by atoms with Crippen molar-refractivity contribution in [1.29, 1.82) is 0 Å². The van der Waals surface area contributed by atoms with E-state index in [0.717, 1.165) is 11.4 Å². The summed E-state index contributed by atoms with van der Waals surface area (Å²) in [5, 5.41) is 20.5. The number of aromatic hydroxyl groups is 1. The predicted octanol–water partition coefficient (Wildman–Crippen LogP) is 2.65. The summed E-state index contributed by atoms with van der Waals surface area (Å²) in [6.45, 7) is 4.04. The lowest BCUT2D eigenvalue weighted by Crippen LogP contribution is -2.00. The number of nitrogens with zero attached hydrogens (tertiary/aromatic N) is 3. The van der Waals surface area contributed by atoms with Crippen molar-refractivity contribution in [2.45, 2.75) is 19.8 Å². The van der Waals surface area contributed by atoms with Crippen molar-refractivity contribution in [3.8, 4) is 5.75 Å². The van der Waals surface area contributed by atoms with Gasteiger partial charge in [-0.05, 0) is 29.9 Å². The highest BCUT2D eigenvalue weighted by Crippen LogP contribution is 2.12. The summed E-state index contributed by atoms with van der Waals surface area (Å²) in [7, 11) is 0. The number of aromatic nitrogens is 3. The summed E-state index contributed by atoms with van der Waals surface area (Å²) in [6, 6.07) is 6.85. The van der Waals surface area contributed by atoms with Gasteiger partial charge in [-0.1, -0.05) is 26.0 Å². The molecule has 0 fully saturated rings. The summed E-state index contributed by atoms with van der Waals surface area (Å²) in [5.74, 6) is 1.20. The van der Waals surface area contributed by atoms with Crippen LogP contribution in [0, 0.1) is 4.77 Å². The van der Waals surface area contributed by atoms with Gasteiger partial charge in [-0.2, -0.15) is 14.9 Å². The quantitative estimate of drug-likeness (QED) is 0.660. The Hall–Kier alpha value is -1.95. The fraction of sp³-hybridized carbons (Fsp3) is 0.250. The molecule has 0 saturated heterocycles. The van der Waals surface area contributed by atoms with Crippen LogP contribution in [0.1, 0.15) is 31.2 Å². The molecule has 0 radical (unpaired) electrons. The number of rotatable bonds is 3. The Kier molecular flexibility index (Phi) is 3.57. The van der Waals surface area contributed by atoms with Gasteiger partial charge >= 0.3 is 0 Å². The third-order valence-electron chi connectivity index (χ3n) is 2.38. The van der Waals surface area contributed by atoms with Crippen LogP contribution < -0.4 is 0 Å². The van der Waals surface area contributed by atoms with Crippen LogP contribution in [0.2, 0.25) is 0 Å². The first-order chi connectivity index (χ1) is 8.58. The van der Waals surface area contributed by atoms with E-state index in [1.807, 2.05) is 19.9 Å². The fourth-order valence-corrected chi connectivity index (χ4v) is 1.70. The lowest BCUT2D eigenvalue weighted by Gasteiger charge is -2.02. The molecule has 1 aromatic carbocycles. The molecule has 0 unspecified atom stereocenters. The Labute approximate surface area is 110 Å². The lowest BCUT2D eigenvalue weighted by atomic mass is 10.2. The summed E-state index contributed by atoms with van der Waals surface area (Å²) in [5.41, 5.74) is 0.799. The molecule has 2 rings (SSSR count). The number of nitrogens with one attached hydrogen (secondary N) is 1. The summed E-state index contributed by atoms with van der Waals surface area (Å²) in [6.07, 6.45) is 1.64. The Bertz CT molecular complexity index is 627. The van der Waals surface area contributed by atoms with Gasteiger partial charge in [-0.25, -0.2) is 0 Å². The van der Waals surface area contributed by atoms with Crippen molar-refractivity contribution < 1.29 is 5.11 Å². The minimum absolute atomic E-state index is 0.207. The third-order valence-corrected chi connectivity index (χ3v) is 2.65. The monoisotopic (exact) mass is 262 g/mol. The molecule has 0 bridgehead atoms. The topological polar surface area (TPSA) is 66.2 Å². The Morgan fingerprint density at radius 3 is 2.94 bits per heavy atom. The summed E-state index contributed by atoms with van der Waals surface area (Å²) in [4.78, 5) is 0. The van der Waals surface area contributed by atoms with Gasteiger partial charge in [0.25, 0.3) is 0 Å². The van der Waals surface area contributed by atoms with Crippen LogP contribution in [0.15, 0.2) is 29.4 Å². The molecule has 0 spiro atoms. The highest BCUT2D eigenvalue weighted by Gasteiger charge is 2.08. The van der Waals surface area contributed by atoms with E-state index in [4.69, 9.17) is 12.2 Å². The predicted molar refractivity (Wildman–Crippen MR) is 72.6 cm³/mol. The van der Waals surface area contributed by atoms with E-state index >= 15 is 0 Å². The first-order valence-electron chi connectivity index (χ1n) is 5.58. The Morgan fingerprint density at radius 1 is 1.50 bits per heavy atom. The molecular weight excluding hydrogens is 248 g/mol. The lowest BCUT2D eigenvalue weighted by molar-refractivity contribution is 0.475. The van der Waals surface area contributed by atoms with Gasteiger partial charge < -0.3 is 5.11 Å². The van der Waals surface area contributed by atoms with Gasteiger partial charge in [0.15, 0.2) is 5.82 Å². The molecule has 0 amide bonds. The molecule has 0 atom stereocenters. The first kappa shape index (κ1) is 12.5. The largest absolute Gasteiger partial charge is 0.508 e. The molecule has 0 aliphatic carbocycles. The Morgan fingerprint density at radius 2 is 2.28 bits per heavy atom. The van der Waals surface area contributed by atoms with E-state index in [1.54, 1.807) is 29.1 Å². The van der Waals surface area contributed by atoms with Crippen molar-refractivity contribution in [2.24, 2.45) is 5.10 Å². The van der Waals surface area contributed by atoms with Crippen molar-refractivity contribution in [3.05, 3.63) is 40.4 Å². The number of aromatic amines is 1. The molecule has 94 valence electrons. The number of phenolic OH excluding ortho intramolecular Hbond substituents is 1. The minimum atomic E-state index is 0.207. The van der Waals surface area contributed by atoms with Crippen molar-refractivity contribution in [2.75, 3.05) is 0 Å². The maximum absolute atomic E-state index is 9.36. The van der Waals surface area contributed by atoms with Crippen LogP contribution in [0.25, 0.3) is 0 Å². The van der Waals surface area contributed by atoms with Crippen LogP contribution in [-0.4, -0.2) is 26.2 Å². The SMILES string of the molecule is CC(C)c1n[nH]c(=S)n1/N=C\c1cccc(O)c1. The van der Waals surface area contributed by atoms with E-state index in [-0.39, 0.29) is 11.7 Å². The number of hydrogen-bond donors (Lipinski definition) is 2. The van der Waals surface area contributed by atoms with Gasteiger partial charge in [-0.15, -0.1) is 0 Å². The van der Waals surface area contributed by atoms with Crippen LogP contribution in [0.4, 0.5) is 0 Å². The van der Waals surface area contributed by atoms with Crippen LogP contribution in [0.5, 0.6) is 5.75 Å². The average Bonchev–Trinajstić information content (AvgIpc) is 2.68. The zero-order chi connectivity index (χ0) is 13.1. The number of benzene rings is 1. The molecule has 1 heterocycles. The molecule has 0 aliphatic rings. The fourth-order valence-electron chi connectivity index (χ4n) is 1.52. The van der Waals surface area contributed by atoms with Gasteiger partial charge in [0.1, 0.15) is 5.75 Å². The second-order valence-corrected chi connectivity index (χ2v) is 4.58. The molecule has 0 saturated carbocycles. The average molecular weight is 262 g/mol. The molecular formula is C12H14N4OS.